The standard InChI is InChI=1S/C42H84NO4/c1-6-8-10-12-14-16-18-20-22-24-26-28-30-32-34-36-41(44)46-39-40(38-43(3,4)5)47-42(45)37-35-33-31-29-27-25-23-21-19-17-15-13-11-9-7-2/h40H,6-39H2,1-5H3/q+1. The summed E-state index contributed by atoms with van der Waals surface area (Å²) in [5, 5.41) is 0. The summed E-state index contributed by atoms with van der Waals surface area (Å²) in [4.78, 5) is 25.0. The lowest BCUT2D eigenvalue weighted by Crippen LogP contribution is -2.45. The van der Waals surface area contributed by atoms with Crippen LogP contribution < -0.4 is 0 Å². The minimum absolute atomic E-state index is 0.156. The molecule has 0 aliphatic carbocycles. The summed E-state index contributed by atoms with van der Waals surface area (Å²) < 4.78 is 12.0. The zero-order chi connectivity index (χ0) is 34.7. The Morgan fingerprint density at radius 2 is 0.702 bits per heavy atom. The number of rotatable bonds is 37. The predicted molar refractivity (Wildman–Crippen MR) is 203 cm³/mol. The van der Waals surface area contributed by atoms with Crippen molar-refractivity contribution in [2.75, 3.05) is 34.3 Å². The molecule has 0 bridgehead atoms. The van der Waals surface area contributed by atoms with E-state index in [4.69, 9.17) is 9.47 Å². The maximum atomic E-state index is 12.6. The highest BCUT2D eigenvalue weighted by Gasteiger charge is 2.23. The van der Waals surface area contributed by atoms with Crippen molar-refractivity contribution in [3.8, 4) is 0 Å². The molecule has 0 amide bonds. The van der Waals surface area contributed by atoms with Gasteiger partial charge in [-0.2, -0.15) is 0 Å². The summed E-state index contributed by atoms with van der Waals surface area (Å²) in [7, 11) is 6.23. The van der Waals surface area contributed by atoms with Gasteiger partial charge in [0.2, 0.25) is 0 Å². The molecule has 0 aromatic carbocycles. The molecule has 280 valence electrons. The molecule has 0 aromatic heterocycles. The third-order valence-electron chi connectivity index (χ3n) is 9.45. The molecule has 0 aliphatic rings. The number of esters is 2. The van der Waals surface area contributed by atoms with Crippen LogP contribution in [0.25, 0.3) is 0 Å². The summed E-state index contributed by atoms with van der Waals surface area (Å²) in [6.07, 6.45) is 39.9. The van der Waals surface area contributed by atoms with E-state index in [1.165, 1.54) is 167 Å². The fraction of sp³-hybridized carbons (Fsp3) is 0.952. The van der Waals surface area contributed by atoms with Gasteiger partial charge in [-0.05, 0) is 12.8 Å². The topological polar surface area (TPSA) is 52.6 Å². The van der Waals surface area contributed by atoms with Crippen LogP contribution in [0, 0.1) is 0 Å². The molecule has 0 saturated carbocycles. The average molecular weight is 667 g/mol. The molecule has 1 atom stereocenters. The summed E-state index contributed by atoms with van der Waals surface area (Å²) in [5.41, 5.74) is 0. The number of hydrogen-bond acceptors (Lipinski definition) is 4. The summed E-state index contributed by atoms with van der Waals surface area (Å²) in [6, 6.07) is 0. The second-order valence-electron chi connectivity index (χ2n) is 15.7. The largest absolute Gasteiger partial charge is 0.461 e. The second-order valence-corrected chi connectivity index (χ2v) is 15.7. The molecule has 0 aromatic rings. The molecule has 0 fully saturated rings. The molecule has 1 unspecified atom stereocenters. The van der Waals surface area contributed by atoms with E-state index < -0.39 is 0 Å². The van der Waals surface area contributed by atoms with E-state index in [0.29, 0.717) is 23.9 Å². The van der Waals surface area contributed by atoms with Crippen LogP contribution in [0.15, 0.2) is 0 Å². The highest BCUT2D eigenvalue weighted by molar-refractivity contribution is 5.70. The molecule has 0 N–H and O–H groups in total. The van der Waals surface area contributed by atoms with E-state index in [0.717, 1.165) is 25.7 Å². The quantitative estimate of drug-likeness (QED) is 0.0376. The van der Waals surface area contributed by atoms with Gasteiger partial charge in [-0.1, -0.05) is 194 Å². The minimum Gasteiger partial charge on any atom is -0.461 e. The van der Waals surface area contributed by atoms with E-state index in [2.05, 4.69) is 35.0 Å². The predicted octanol–water partition coefficient (Wildman–Crippen LogP) is 12.7. The van der Waals surface area contributed by atoms with Crippen LogP contribution in [0.5, 0.6) is 0 Å². The van der Waals surface area contributed by atoms with Crippen molar-refractivity contribution in [1.82, 2.24) is 0 Å². The van der Waals surface area contributed by atoms with Crippen molar-refractivity contribution >= 4 is 11.9 Å². The fourth-order valence-electron chi connectivity index (χ4n) is 6.52. The van der Waals surface area contributed by atoms with Gasteiger partial charge in [0.25, 0.3) is 0 Å². The maximum Gasteiger partial charge on any atom is 0.306 e. The number of unbranched alkanes of at least 4 members (excludes halogenated alkanes) is 28. The van der Waals surface area contributed by atoms with Crippen LogP contribution in [0.4, 0.5) is 0 Å². The van der Waals surface area contributed by atoms with Crippen molar-refractivity contribution < 1.29 is 23.5 Å². The Morgan fingerprint density at radius 1 is 0.426 bits per heavy atom. The summed E-state index contributed by atoms with van der Waals surface area (Å²) in [5.74, 6) is -0.318. The zero-order valence-electron chi connectivity index (χ0n) is 32.7. The van der Waals surface area contributed by atoms with Crippen LogP contribution in [0.2, 0.25) is 0 Å². The molecule has 5 heteroatoms. The first-order chi connectivity index (χ1) is 22.8. The zero-order valence-corrected chi connectivity index (χ0v) is 32.7. The maximum absolute atomic E-state index is 12.6. The number of ether oxygens (including phenoxy) is 2. The lowest BCUT2D eigenvalue weighted by molar-refractivity contribution is -0.873. The second kappa shape index (κ2) is 34.8. The van der Waals surface area contributed by atoms with E-state index in [1.807, 2.05) is 0 Å². The lowest BCUT2D eigenvalue weighted by atomic mass is 10.0. The number of nitrogens with zero attached hydrogens (tertiary/aromatic N) is 1. The molecule has 0 aliphatic heterocycles. The van der Waals surface area contributed by atoms with E-state index in [1.54, 1.807) is 0 Å². The Hall–Kier alpha value is -1.10. The van der Waals surface area contributed by atoms with Crippen molar-refractivity contribution in [1.29, 1.82) is 0 Å². The first-order valence-electron chi connectivity index (χ1n) is 20.9. The van der Waals surface area contributed by atoms with Gasteiger partial charge >= 0.3 is 11.9 Å². The monoisotopic (exact) mass is 667 g/mol. The van der Waals surface area contributed by atoms with Crippen LogP contribution in [0.1, 0.15) is 219 Å². The van der Waals surface area contributed by atoms with Gasteiger partial charge in [-0.25, -0.2) is 0 Å². The third-order valence-corrected chi connectivity index (χ3v) is 9.45. The van der Waals surface area contributed by atoms with Crippen molar-refractivity contribution in [2.24, 2.45) is 0 Å². The Kier molecular flexibility index (Phi) is 33.9. The number of carbonyl (C=O) groups is 2. The first-order valence-corrected chi connectivity index (χ1v) is 20.9. The number of carbonyl (C=O) groups excluding carboxylic acids is 2. The molecule has 5 nitrogen and oxygen atoms in total. The molecular formula is C42H84NO4+. The van der Waals surface area contributed by atoms with Gasteiger partial charge in [0.05, 0.1) is 21.1 Å². The number of quaternary nitrogens is 1. The highest BCUT2D eigenvalue weighted by atomic mass is 16.6. The smallest absolute Gasteiger partial charge is 0.306 e. The normalized spacial score (nSPS) is 12.4. The van der Waals surface area contributed by atoms with Gasteiger partial charge in [-0.15, -0.1) is 0 Å². The Bertz CT molecular complexity index is 674. The van der Waals surface area contributed by atoms with Gasteiger partial charge < -0.3 is 14.0 Å². The van der Waals surface area contributed by atoms with Crippen LogP contribution >= 0.6 is 0 Å². The Labute approximate surface area is 294 Å². The van der Waals surface area contributed by atoms with E-state index >= 15 is 0 Å². The Balaban J connectivity index is 3.80. The van der Waals surface area contributed by atoms with Crippen LogP contribution in [0.3, 0.4) is 0 Å². The van der Waals surface area contributed by atoms with Crippen molar-refractivity contribution in [3.05, 3.63) is 0 Å². The fourth-order valence-corrected chi connectivity index (χ4v) is 6.52. The van der Waals surface area contributed by atoms with Crippen LogP contribution in [-0.4, -0.2) is 56.8 Å². The van der Waals surface area contributed by atoms with Crippen molar-refractivity contribution in [3.63, 3.8) is 0 Å². The molecule has 47 heavy (non-hydrogen) atoms. The SMILES string of the molecule is CCCCCCCCCCCCCCCCCC(=O)OCC(C[N+](C)(C)C)OC(=O)CCCCCCCCCCCCCCCCC. The van der Waals surface area contributed by atoms with Gasteiger partial charge in [0.1, 0.15) is 13.2 Å². The van der Waals surface area contributed by atoms with Gasteiger partial charge in [0.15, 0.2) is 6.10 Å². The lowest BCUT2D eigenvalue weighted by Gasteiger charge is -2.28. The summed E-state index contributed by atoms with van der Waals surface area (Å²) >= 11 is 0. The number of hydrogen-bond donors (Lipinski definition) is 0. The molecule has 0 saturated heterocycles. The minimum atomic E-state index is -0.385. The van der Waals surface area contributed by atoms with Gasteiger partial charge in [0, 0.05) is 12.8 Å². The molecule has 0 radical (unpaired) electrons. The third kappa shape index (κ3) is 37.6. The van der Waals surface area contributed by atoms with E-state index in [-0.39, 0.29) is 24.6 Å². The van der Waals surface area contributed by atoms with Gasteiger partial charge in [-0.3, -0.25) is 9.59 Å². The Morgan fingerprint density at radius 3 is 1.00 bits per heavy atom. The molecular weight excluding hydrogens is 582 g/mol. The first kappa shape index (κ1) is 45.9. The van der Waals surface area contributed by atoms with Crippen LogP contribution in [-0.2, 0) is 19.1 Å². The number of likely N-dealkylation sites (N-methyl/N-ethyl adjacent to an activating group) is 1. The highest BCUT2D eigenvalue weighted by Crippen LogP contribution is 2.16. The molecule has 0 spiro atoms. The van der Waals surface area contributed by atoms with Crippen molar-refractivity contribution in [2.45, 2.75) is 225 Å². The van der Waals surface area contributed by atoms with E-state index in [9.17, 15) is 9.59 Å². The molecule has 0 heterocycles. The summed E-state index contributed by atoms with van der Waals surface area (Å²) in [6.45, 7) is 5.36. The molecule has 0 rings (SSSR count). The average Bonchev–Trinajstić information content (AvgIpc) is 3.03.